The minimum Gasteiger partial charge on any atom is -0.360 e. The van der Waals surface area contributed by atoms with Crippen molar-refractivity contribution in [3.63, 3.8) is 0 Å². The van der Waals surface area contributed by atoms with Crippen LogP contribution in [0.5, 0.6) is 0 Å². The number of benzene rings is 2. The molecule has 2 unspecified atom stereocenters. The lowest BCUT2D eigenvalue weighted by molar-refractivity contribution is -0.108. The molecule has 32 heavy (non-hydrogen) atoms. The Morgan fingerprint density at radius 2 is 1.91 bits per heavy atom. The normalized spacial score (nSPS) is 16.3. The number of carbonyl (C=O) groups excluding carboxylic acids is 1. The van der Waals surface area contributed by atoms with Crippen molar-refractivity contribution in [1.29, 1.82) is 0 Å². The maximum absolute atomic E-state index is 12.3. The highest BCUT2D eigenvalue weighted by atomic mass is 32.2. The second kappa shape index (κ2) is 9.53. The summed E-state index contributed by atoms with van der Waals surface area (Å²) >= 11 is 0. The maximum Gasteiger partial charge on any atom is 0.145 e. The zero-order valence-electron chi connectivity index (χ0n) is 18.6. The van der Waals surface area contributed by atoms with E-state index in [1.54, 1.807) is 5.41 Å². The fourth-order valence-corrected chi connectivity index (χ4v) is 5.14. The molecule has 7 heteroatoms. The van der Waals surface area contributed by atoms with E-state index in [4.69, 9.17) is 5.10 Å². The van der Waals surface area contributed by atoms with Gasteiger partial charge in [0.1, 0.15) is 23.1 Å². The zero-order valence-corrected chi connectivity index (χ0v) is 19.5. The van der Waals surface area contributed by atoms with Crippen molar-refractivity contribution >= 4 is 28.8 Å². The van der Waals surface area contributed by atoms with E-state index >= 15 is 0 Å². The number of hydrogen-bond donors (Lipinski definition) is 0. The number of hydrogen-bond acceptors (Lipinski definition) is 4. The lowest BCUT2D eigenvalue weighted by atomic mass is 9.88. The molecule has 0 fully saturated rings. The Hall–Kier alpha value is -3.19. The van der Waals surface area contributed by atoms with Crippen molar-refractivity contribution in [2.45, 2.75) is 26.2 Å². The topological polar surface area (TPSA) is 58.4 Å². The Balaban J connectivity index is 1.85. The van der Waals surface area contributed by atoms with E-state index in [-0.39, 0.29) is 5.92 Å². The van der Waals surface area contributed by atoms with E-state index < -0.39 is 11.0 Å². The van der Waals surface area contributed by atoms with Gasteiger partial charge in [0.2, 0.25) is 0 Å². The number of anilines is 2. The quantitative estimate of drug-likeness (QED) is 0.481. The van der Waals surface area contributed by atoms with Crippen molar-refractivity contribution in [2.75, 3.05) is 29.3 Å². The van der Waals surface area contributed by atoms with Gasteiger partial charge in [0.05, 0.1) is 23.6 Å². The number of aryl methyl sites for hydroxylation is 1. The average molecular weight is 449 g/mol. The number of carbonyl (C=O) groups is 1. The van der Waals surface area contributed by atoms with Crippen LogP contribution in [0, 0.1) is 6.92 Å². The molecular weight excluding hydrogens is 420 g/mol. The molecule has 1 aromatic heterocycles. The molecule has 0 saturated carbocycles. The fraction of sp³-hybridized carbons (Fsp3) is 0.280. The van der Waals surface area contributed by atoms with Crippen LogP contribution < -0.4 is 9.21 Å². The van der Waals surface area contributed by atoms with Crippen LogP contribution in [-0.2, 0) is 15.8 Å². The number of aromatic nitrogens is 2. The summed E-state index contributed by atoms with van der Waals surface area (Å²) in [6.45, 7) is 5.52. The number of aldehydes is 1. The lowest BCUT2D eigenvalue weighted by Gasteiger charge is -2.25. The molecule has 0 aliphatic carbocycles. The van der Waals surface area contributed by atoms with E-state index in [1.165, 1.54) is 0 Å². The van der Waals surface area contributed by atoms with E-state index in [1.807, 2.05) is 83.6 Å². The van der Waals surface area contributed by atoms with E-state index in [9.17, 15) is 9.00 Å². The van der Waals surface area contributed by atoms with E-state index in [0.29, 0.717) is 13.0 Å². The molecule has 4 rings (SSSR count). The van der Waals surface area contributed by atoms with Gasteiger partial charge in [-0.05, 0) is 43.7 Å². The second-order valence-corrected chi connectivity index (χ2v) is 9.11. The molecule has 166 valence electrons. The number of nitrogens with zero attached hydrogens (tertiary/aromatic N) is 4. The Labute approximate surface area is 191 Å². The third kappa shape index (κ3) is 4.12. The third-order valence-electron chi connectivity index (χ3n) is 5.86. The Kier molecular flexibility index (Phi) is 6.55. The summed E-state index contributed by atoms with van der Waals surface area (Å²) in [6.07, 6.45) is 3.23. The summed E-state index contributed by atoms with van der Waals surface area (Å²) < 4.78 is 16.1. The maximum atomic E-state index is 12.3. The van der Waals surface area contributed by atoms with Crippen LogP contribution >= 0.6 is 0 Å². The van der Waals surface area contributed by atoms with Gasteiger partial charge in [-0.3, -0.25) is 4.31 Å². The fourth-order valence-electron chi connectivity index (χ4n) is 4.19. The van der Waals surface area contributed by atoms with Crippen LogP contribution in [0.15, 0.2) is 66.1 Å². The Morgan fingerprint density at radius 3 is 2.56 bits per heavy atom. The largest absolute Gasteiger partial charge is 0.360 e. The first-order chi connectivity index (χ1) is 15.5. The molecule has 3 aromatic rings. The molecule has 6 nitrogen and oxygen atoms in total. The zero-order chi connectivity index (χ0) is 22.7. The van der Waals surface area contributed by atoms with Gasteiger partial charge in [-0.1, -0.05) is 36.4 Å². The smallest absolute Gasteiger partial charge is 0.145 e. The number of rotatable bonds is 8. The highest BCUT2D eigenvalue weighted by Crippen LogP contribution is 2.39. The standard InChI is InChI=1S/C25H28N4O2S/c1-4-27(3)25-24(19(2)26-29(25)21-11-6-5-7-12-21)23(14-16-30)20-10-8-13-22(18-20)28-15-9-17-32(28)31/h5-13,16-18,23H,4,14-15H2,1-3H3. The molecule has 1 aliphatic heterocycles. The van der Waals surface area contributed by atoms with Crippen molar-refractivity contribution in [1.82, 2.24) is 9.78 Å². The van der Waals surface area contributed by atoms with Gasteiger partial charge in [-0.2, -0.15) is 5.10 Å². The molecule has 0 radical (unpaired) electrons. The van der Waals surface area contributed by atoms with Gasteiger partial charge in [0.15, 0.2) is 0 Å². The highest BCUT2D eigenvalue weighted by Gasteiger charge is 2.28. The predicted molar refractivity (Wildman–Crippen MR) is 131 cm³/mol. The van der Waals surface area contributed by atoms with Gasteiger partial charge in [-0.25, -0.2) is 8.89 Å². The van der Waals surface area contributed by atoms with Crippen molar-refractivity contribution in [2.24, 2.45) is 0 Å². The van der Waals surface area contributed by atoms with E-state index in [0.717, 1.165) is 46.8 Å². The average Bonchev–Trinajstić information content (AvgIpc) is 3.40. The van der Waals surface area contributed by atoms with Crippen LogP contribution in [0.2, 0.25) is 0 Å². The van der Waals surface area contributed by atoms with Crippen LogP contribution in [0.4, 0.5) is 11.5 Å². The summed E-state index contributed by atoms with van der Waals surface area (Å²) in [5, 5.41) is 6.59. The molecule has 1 aliphatic rings. The summed E-state index contributed by atoms with van der Waals surface area (Å²) in [5.41, 5.74) is 4.82. The SMILES string of the molecule is CCN(C)c1c(C(CC=O)c2cccc(N3CC=CS3=O)c2)c(C)nn1-c1ccccc1. The second-order valence-electron chi connectivity index (χ2n) is 7.84. The molecule has 2 heterocycles. The first kappa shape index (κ1) is 22.0. The van der Waals surface area contributed by atoms with Gasteiger partial charge >= 0.3 is 0 Å². The summed E-state index contributed by atoms with van der Waals surface area (Å²) in [5.74, 6) is 0.831. The highest BCUT2D eigenvalue weighted by molar-refractivity contribution is 7.89. The molecule has 2 aromatic carbocycles. The van der Waals surface area contributed by atoms with Gasteiger partial charge in [0.25, 0.3) is 0 Å². The molecular formula is C25H28N4O2S. The van der Waals surface area contributed by atoms with Crippen molar-refractivity contribution in [3.8, 4) is 5.69 Å². The van der Waals surface area contributed by atoms with Crippen LogP contribution in [0.25, 0.3) is 5.69 Å². The van der Waals surface area contributed by atoms with E-state index in [2.05, 4.69) is 11.8 Å². The van der Waals surface area contributed by atoms with Gasteiger partial charge in [0, 0.05) is 36.9 Å². The van der Waals surface area contributed by atoms with Crippen LogP contribution in [0.1, 0.15) is 36.1 Å². The number of para-hydroxylation sites is 1. The Bertz CT molecular complexity index is 1160. The van der Waals surface area contributed by atoms with Gasteiger partial charge in [-0.15, -0.1) is 0 Å². The van der Waals surface area contributed by atoms with Crippen LogP contribution in [-0.4, -0.2) is 40.4 Å². The molecule has 0 saturated heterocycles. The summed E-state index contributed by atoms with van der Waals surface area (Å²) in [7, 11) is 0.887. The van der Waals surface area contributed by atoms with Crippen molar-refractivity contribution < 1.29 is 9.00 Å². The van der Waals surface area contributed by atoms with Crippen LogP contribution in [0.3, 0.4) is 0 Å². The minimum atomic E-state index is -1.16. The molecule has 0 N–H and O–H groups in total. The monoisotopic (exact) mass is 448 g/mol. The van der Waals surface area contributed by atoms with Gasteiger partial charge < -0.3 is 9.69 Å². The summed E-state index contributed by atoms with van der Waals surface area (Å²) in [4.78, 5) is 14.0. The third-order valence-corrected chi connectivity index (χ3v) is 7.08. The molecule has 0 bridgehead atoms. The Morgan fingerprint density at radius 1 is 1.16 bits per heavy atom. The lowest BCUT2D eigenvalue weighted by Crippen LogP contribution is -2.22. The first-order valence-corrected chi connectivity index (χ1v) is 12.0. The summed E-state index contributed by atoms with van der Waals surface area (Å²) in [6, 6.07) is 18.1. The molecule has 0 amide bonds. The predicted octanol–water partition coefficient (Wildman–Crippen LogP) is 4.36. The van der Waals surface area contributed by atoms with Crippen molar-refractivity contribution in [3.05, 3.63) is 82.9 Å². The molecule has 2 atom stereocenters. The minimum absolute atomic E-state index is 0.155. The first-order valence-electron chi connectivity index (χ1n) is 10.8. The molecule has 0 spiro atoms.